The van der Waals surface area contributed by atoms with Crippen molar-refractivity contribution < 1.29 is 9.59 Å². The number of carbonyl (C=O) groups excluding carboxylic acids is 2. The minimum atomic E-state index is 0.114. The van der Waals surface area contributed by atoms with E-state index in [2.05, 4.69) is 15.3 Å². The van der Waals surface area contributed by atoms with E-state index in [0.717, 1.165) is 18.5 Å². The van der Waals surface area contributed by atoms with Crippen molar-refractivity contribution in [1.82, 2.24) is 4.98 Å². The summed E-state index contributed by atoms with van der Waals surface area (Å²) in [5.74, 6) is 0.393. The fourth-order valence-electron chi connectivity index (χ4n) is 1.69. The van der Waals surface area contributed by atoms with E-state index in [9.17, 15) is 9.59 Å². The number of hydrogen-bond acceptors (Lipinski definition) is 5. The van der Waals surface area contributed by atoms with Crippen molar-refractivity contribution in [2.24, 2.45) is 4.99 Å². The molecular formula is C12H11N3O2. The molecule has 0 aromatic carbocycles. The molecule has 1 aliphatic carbocycles. The Balaban J connectivity index is 2.23. The first-order chi connectivity index (χ1) is 8.29. The van der Waals surface area contributed by atoms with Crippen LogP contribution in [-0.2, 0) is 9.59 Å². The molecule has 0 spiro atoms. The number of aliphatic imine (C=N–C) groups is 1. The molecular weight excluding hydrogens is 218 g/mol. The quantitative estimate of drug-likeness (QED) is 0.636. The van der Waals surface area contributed by atoms with Gasteiger partial charge in [-0.05, 0) is 25.0 Å². The summed E-state index contributed by atoms with van der Waals surface area (Å²) in [4.78, 5) is 28.9. The van der Waals surface area contributed by atoms with Crippen molar-refractivity contribution in [3.8, 4) is 0 Å². The van der Waals surface area contributed by atoms with Gasteiger partial charge in [-0.25, -0.2) is 9.78 Å². The van der Waals surface area contributed by atoms with Gasteiger partial charge in [-0.3, -0.25) is 4.79 Å². The number of allylic oxidation sites excluding steroid dienone is 2. The highest BCUT2D eigenvalue weighted by atomic mass is 16.1. The van der Waals surface area contributed by atoms with E-state index < -0.39 is 0 Å². The summed E-state index contributed by atoms with van der Waals surface area (Å²) in [6.45, 7) is 0. The van der Waals surface area contributed by atoms with Crippen molar-refractivity contribution in [3.05, 3.63) is 30.1 Å². The van der Waals surface area contributed by atoms with Gasteiger partial charge in [0.25, 0.3) is 0 Å². The van der Waals surface area contributed by atoms with Gasteiger partial charge in [0.1, 0.15) is 0 Å². The van der Waals surface area contributed by atoms with Crippen molar-refractivity contribution in [1.29, 1.82) is 0 Å². The van der Waals surface area contributed by atoms with Crippen LogP contribution in [0, 0.1) is 0 Å². The average molecular weight is 229 g/mol. The molecule has 5 heteroatoms. The Morgan fingerprint density at radius 2 is 2.29 bits per heavy atom. The molecule has 0 amide bonds. The third-order valence-corrected chi connectivity index (χ3v) is 2.44. The summed E-state index contributed by atoms with van der Waals surface area (Å²) in [6, 6.07) is 3.49. The van der Waals surface area contributed by atoms with Gasteiger partial charge >= 0.3 is 0 Å². The molecule has 0 fully saturated rings. The van der Waals surface area contributed by atoms with Gasteiger partial charge in [0, 0.05) is 24.4 Å². The number of aromatic nitrogens is 1. The van der Waals surface area contributed by atoms with E-state index in [-0.39, 0.29) is 11.6 Å². The number of nitrogens with one attached hydrogen (secondary N) is 1. The number of nitrogens with zero attached hydrogens (tertiary/aromatic N) is 2. The van der Waals surface area contributed by atoms with Gasteiger partial charge in [-0.2, -0.15) is 0 Å². The van der Waals surface area contributed by atoms with Gasteiger partial charge in [0.15, 0.2) is 11.6 Å². The summed E-state index contributed by atoms with van der Waals surface area (Å²) in [5.41, 5.74) is 1.44. The fourth-order valence-corrected chi connectivity index (χ4v) is 1.69. The topological polar surface area (TPSA) is 71.4 Å². The van der Waals surface area contributed by atoms with Crippen molar-refractivity contribution in [2.75, 3.05) is 5.32 Å². The molecule has 0 aliphatic heterocycles. The van der Waals surface area contributed by atoms with Crippen molar-refractivity contribution in [3.63, 3.8) is 0 Å². The van der Waals surface area contributed by atoms with E-state index in [1.807, 2.05) is 0 Å². The molecule has 0 bridgehead atoms. The smallest absolute Gasteiger partial charge is 0.242 e. The number of carbonyl (C=O) groups is 1. The standard InChI is InChI=1S/C12H11N3O2/c16-8-14-12-11(5-2-6-13-12)15-9-3-1-4-10(17)7-9/h2,5-7,15H,1,3-4H2. The molecule has 5 nitrogen and oxygen atoms in total. The molecule has 0 saturated heterocycles. The first-order valence-corrected chi connectivity index (χ1v) is 5.33. The Morgan fingerprint density at radius 3 is 3.06 bits per heavy atom. The fraction of sp³-hybridized carbons (Fsp3) is 0.250. The predicted octanol–water partition coefficient (Wildman–Crippen LogP) is 2.10. The van der Waals surface area contributed by atoms with Gasteiger partial charge in [-0.1, -0.05) is 0 Å². The van der Waals surface area contributed by atoms with Gasteiger partial charge in [0.2, 0.25) is 6.08 Å². The van der Waals surface area contributed by atoms with Gasteiger partial charge in [0.05, 0.1) is 5.69 Å². The second-order valence-corrected chi connectivity index (χ2v) is 3.69. The number of pyridine rings is 1. The third kappa shape index (κ3) is 2.86. The summed E-state index contributed by atoms with van der Waals surface area (Å²) in [5, 5.41) is 3.07. The molecule has 1 aromatic rings. The van der Waals surface area contributed by atoms with E-state index in [1.165, 1.54) is 6.08 Å². The molecule has 1 heterocycles. The Bertz CT molecular complexity index is 516. The monoisotopic (exact) mass is 229 g/mol. The van der Waals surface area contributed by atoms with Crippen LogP contribution in [0.1, 0.15) is 19.3 Å². The van der Waals surface area contributed by atoms with Crippen LogP contribution < -0.4 is 5.32 Å². The summed E-state index contributed by atoms with van der Waals surface area (Å²) in [7, 11) is 0. The minimum Gasteiger partial charge on any atom is -0.356 e. The molecule has 0 atom stereocenters. The lowest BCUT2D eigenvalue weighted by molar-refractivity contribution is -0.115. The molecule has 1 aliphatic rings. The number of isocyanates is 1. The first kappa shape index (κ1) is 11.2. The Labute approximate surface area is 98.3 Å². The number of hydrogen-bond donors (Lipinski definition) is 1. The van der Waals surface area contributed by atoms with Crippen LogP contribution in [0.2, 0.25) is 0 Å². The third-order valence-electron chi connectivity index (χ3n) is 2.44. The van der Waals surface area contributed by atoms with Crippen molar-refractivity contribution >= 4 is 23.4 Å². The minimum absolute atomic E-state index is 0.114. The SMILES string of the molecule is O=C=Nc1ncccc1NC1=CC(=O)CCC1. The molecule has 0 unspecified atom stereocenters. The second-order valence-electron chi connectivity index (χ2n) is 3.69. The Kier molecular flexibility index (Phi) is 3.43. The largest absolute Gasteiger partial charge is 0.356 e. The first-order valence-electron chi connectivity index (χ1n) is 5.33. The zero-order valence-electron chi connectivity index (χ0n) is 9.14. The van der Waals surface area contributed by atoms with Crippen LogP contribution >= 0.6 is 0 Å². The molecule has 2 rings (SSSR count). The summed E-state index contributed by atoms with van der Waals surface area (Å²) in [6.07, 6.45) is 6.83. The summed E-state index contributed by atoms with van der Waals surface area (Å²) < 4.78 is 0. The normalized spacial score (nSPS) is 14.8. The van der Waals surface area contributed by atoms with Crippen LogP contribution in [0.5, 0.6) is 0 Å². The summed E-state index contributed by atoms with van der Waals surface area (Å²) >= 11 is 0. The van der Waals surface area contributed by atoms with Crippen LogP contribution in [0.4, 0.5) is 11.5 Å². The average Bonchev–Trinajstić information content (AvgIpc) is 2.32. The maximum absolute atomic E-state index is 11.3. The van der Waals surface area contributed by atoms with Crippen LogP contribution in [0.3, 0.4) is 0 Å². The Hall–Kier alpha value is -2.26. The molecule has 0 radical (unpaired) electrons. The van der Waals surface area contributed by atoms with Crippen LogP contribution in [0.15, 0.2) is 35.1 Å². The van der Waals surface area contributed by atoms with Gasteiger partial charge < -0.3 is 5.32 Å². The maximum Gasteiger partial charge on any atom is 0.242 e. The number of ketones is 1. The number of anilines is 1. The zero-order chi connectivity index (χ0) is 12.1. The highest BCUT2D eigenvalue weighted by Gasteiger charge is 2.11. The lowest BCUT2D eigenvalue weighted by Gasteiger charge is -2.14. The van der Waals surface area contributed by atoms with E-state index in [4.69, 9.17) is 0 Å². The number of rotatable bonds is 3. The van der Waals surface area contributed by atoms with Crippen LogP contribution in [0.25, 0.3) is 0 Å². The van der Waals surface area contributed by atoms with Crippen molar-refractivity contribution in [2.45, 2.75) is 19.3 Å². The maximum atomic E-state index is 11.3. The van der Waals surface area contributed by atoms with Gasteiger partial charge in [-0.15, -0.1) is 4.99 Å². The molecule has 1 N–H and O–H groups in total. The van der Waals surface area contributed by atoms with E-state index in [0.29, 0.717) is 12.1 Å². The Morgan fingerprint density at radius 1 is 1.41 bits per heavy atom. The van der Waals surface area contributed by atoms with E-state index in [1.54, 1.807) is 24.4 Å². The predicted molar refractivity (Wildman–Crippen MR) is 62.6 cm³/mol. The molecule has 0 saturated carbocycles. The van der Waals surface area contributed by atoms with Crippen LogP contribution in [-0.4, -0.2) is 16.8 Å². The lowest BCUT2D eigenvalue weighted by atomic mass is 10.0. The highest BCUT2D eigenvalue weighted by molar-refractivity contribution is 5.91. The van der Waals surface area contributed by atoms with E-state index >= 15 is 0 Å². The molecule has 86 valence electrons. The highest BCUT2D eigenvalue weighted by Crippen LogP contribution is 2.25. The lowest BCUT2D eigenvalue weighted by Crippen LogP contribution is -2.09. The second kappa shape index (κ2) is 5.18. The molecule has 17 heavy (non-hydrogen) atoms. The zero-order valence-corrected chi connectivity index (χ0v) is 9.14. The molecule has 1 aromatic heterocycles.